The average molecular weight is 293 g/mol. The van der Waals surface area contributed by atoms with E-state index in [9.17, 15) is 5.11 Å². The molecule has 0 aromatic carbocycles. The van der Waals surface area contributed by atoms with Crippen molar-refractivity contribution in [3.05, 3.63) is 59.8 Å². The molecule has 0 spiro atoms. The van der Waals surface area contributed by atoms with Crippen LogP contribution >= 0.6 is 0 Å². The fraction of sp³-hybridized carbons (Fsp3) is 0.188. The first kappa shape index (κ1) is 13.0. The molecule has 1 unspecified atom stereocenters. The zero-order valence-corrected chi connectivity index (χ0v) is 12.3. The molecule has 0 fully saturated rings. The lowest BCUT2D eigenvalue weighted by Crippen LogP contribution is -2.39. The van der Waals surface area contributed by atoms with Crippen LogP contribution in [0.15, 0.2) is 53.6 Å². The van der Waals surface area contributed by atoms with Crippen LogP contribution in [0.3, 0.4) is 0 Å². The Hall–Kier alpha value is -2.73. The lowest BCUT2D eigenvalue weighted by molar-refractivity contribution is 0.125. The molecule has 0 saturated heterocycles. The Morgan fingerprint density at radius 3 is 3.00 bits per heavy atom. The van der Waals surface area contributed by atoms with Crippen LogP contribution in [0.4, 0.5) is 0 Å². The van der Waals surface area contributed by atoms with E-state index < -0.39 is 6.23 Å². The third-order valence-corrected chi connectivity index (χ3v) is 3.72. The quantitative estimate of drug-likeness (QED) is 0.872. The van der Waals surface area contributed by atoms with Gasteiger partial charge in [0.1, 0.15) is 5.84 Å². The van der Waals surface area contributed by atoms with Gasteiger partial charge in [0.2, 0.25) is 0 Å². The van der Waals surface area contributed by atoms with Gasteiger partial charge in [-0.25, -0.2) is 14.5 Å². The molecule has 110 valence electrons. The highest BCUT2D eigenvalue weighted by Crippen LogP contribution is 2.29. The summed E-state index contributed by atoms with van der Waals surface area (Å²) in [4.78, 5) is 10.9. The Balaban J connectivity index is 1.92. The second-order valence-electron chi connectivity index (χ2n) is 5.38. The Labute approximate surface area is 127 Å². The molecule has 22 heavy (non-hydrogen) atoms. The van der Waals surface area contributed by atoms with Crippen LogP contribution in [-0.2, 0) is 0 Å². The van der Waals surface area contributed by atoms with E-state index in [1.54, 1.807) is 21.7 Å². The number of aliphatic hydroxyl groups is 1. The minimum absolute atomic E-state index is 0.702. The summed E-state index contributed by atoms with van der Waals surface area (Å²) in [6.07, 6.45) is 10.4. The second kappa shape index (κ2) is 4.64. The number of aliphatic imine (C=N–C) groups is 1. The first-order chi connectivity index (χ1) is 10.6. The van der Waals surface area contributed by atoms with Crippen molar-refractivity contribution < 1.29 is 5.11 Å². The second-order valence-corrected chi connectivity index (χ2v) is 5.38. The molecule has 0 radical (unpaired) electrons. The van der Waals surface area contributed by atoms with E-state index in [0.717, 1.165) is 34.0 Å². The van der Waals surface area contributed by atoms with Gasteiger partial charge in [-0.2, -0.15) is 5.10 Å². The number of aliphatic hydroxyl groups excluding tert-OH is 1. The number of fused-ring (bicyclic) bond motifs is 2. The van der Waals surface area contributed by atoms with Gasteiger partial charge in [-0.3, -0.25) is 0 Å². The van der Waals surface area contributed by atoms with E-state index in [4.69, 9.17) is 0 Å². The van der Waals surface area contributed by atoms with Gasteiger partial charge in [0.05, 0.1) is 11.9 Å². The molecule has 4 rings (SSSR count). The molecule has 2 aliphatic rings. The van der Waals surface area contributed by atoms with E-state index in [1.165, 1.54) is 0 Å². The molecule has 6 heteroatoms. The summed E-state index contributed by atoms with van der Waals surface area (Å²) in [5.74, 6) is 0.726. The summed E-state index contributed by atoms with van der Waals surface area (Å²) in [6.45, 7) is 3.82. The van der Waals surface area contributed by atoms with Crippen molar-refractivity contribution in [3.8, 4) is 0 Å². The lowest BCUT2D eigenvalue weighted by atomic mass is 10.0. The number of aryl methyl sites for hydroxylation is 1. The molecule has 0 saturated carbocycles. The van der Waals surface area contributed by atoms with Crippen LogP contribution in [0.25, 0.3) is 11.2 Å². The lowest BCUT2D eigenvalue weighted by Gasteiger charge is -2.32. The number of hydrogen-bond donors (Lipinski definition) is 1. The van der Waals surface area contributed by atoms with Crippen LogP contribution in [0.1, 0.15) is 18.2 Å². The van der Waals surface area contributed by atoms with Gasteiger partial charge in [0, 0.05) is 29.2 Å². The summed E-state index contributed by atoms with van der Waals surface area (Å²) in [5.41, 5.74) is 4.35. The number of aromatic nitrogens is 3. The number of hydrogen-bond acceptors (Lipinski definition) is 5. The van der Waals surface area contributed by atoms with E-state index in [2.05, 4.69) is 15.1 Å². The first-order valence-electron chi connectivity index (χ1n) is 7.07. The molecule has 2 aliphatic heterocycles. The molecule has 0 amide bonds. The molecule has 2 aromatic rings. The topological polar surface area (TPSA) is 66.0 Å². The van der Waals surface area contributed by atoms with Crippen molar-refractivity contribution in [1.82, 2.24) is 19.5 Å². The summed E-state index contributed by atoms with van der Waals surface area (Å²) < 4.78 is 1.76. The Morgan fingerprint density at radius 2 is 2.14 bits per heavy atom. The smallest absolute Gasteiger partial charge is 0.161 e. The third kappa shape index (κ3) is 1.88. The van der Waals surface area contributed by atoms with Crippen LogP contribution < -0.4 is 0 Å². The van der Waals surface area contributed by atoms with Crippen molar-refractivity contribution in [3.63, 3.8) is 0 Å². The minimum atomic E-state index is -0.702. The van der Waals surface area contributed by atoms with Gasteiger partial charge in [0.25, 0.3) is 0 Å². The Morgan fingerprint density at radius 1 is 1.27 bits per heavy atom. The molecule has 4 heterocycles. The summed E-state index contributed by atoms with van der Waals surface area (Å²) in [7, 11) is 0. The SMILES string of the molecule is CC1=CC(O)N2C=CC=C(c3ccnn4cc(C)nc34)C2=N1. The maximum atomic E-state index is 10.2. The first-order valence-corrected chi connectivity index (χ1v) is 7.07. The van der Waals surface area contributed by atoms with Crippen LogP contribution in [0.2, 0.25) is 0 Å². The molecule has 1 N–H and O–H groups in total. The van der Waals surface area contributed by atoms with E-state index >= 15 is 0 Å². The predicted octanol–water partition coefficient (Wildman–Crippen LogP) is 1.88. The highest BCUT2D eigenvalue weighted by Gasteiger charge is 2.27. The van der Waals surface area contributed by atoms with E-state index in [1.807, 2.05) is 44.5 Å². The van der Waals surface area contributed by atoms with Gasteiger partial charge in [-0.05, 0) is 38.1 Å². The largest absolute Gasteiger partial charge is 0.369 e. The number of imidazole rings is 1. The maximum Gasteiger partial charge on any atom is 0.161 e. The van der Waals surface area contributed by atoms with Crippen LogP contribution in [0.5, 0.6) is 0 Å². The van der Waals surface area contributed by atoms with Gasteiger partial charge >= 0.3 is 0 Å². The highest BCUT2D eigenvalue weighted by molar-refractivity contribution is 6.25. The molecule has 1 atom stereocenters. The highest BCUT2D eigenvalue weighted by atomic mass is 16.3. The summed E-state index contributed by atoms with van der Waals surface area (Å²) >= 11 is 0. The summed E-state index contributed by atoms with van der Waals surface area (Å²) in [6, 6.07) is 1.92. The molecule has 0 aliphatic carbocycles. The van der Waals surface area contributed by atoms with Crippen molar-refractivity contribution in [2.24, 2.45) is 4.99 Å². The Bertz CT molecular complexity index is 887. The van der Waals surface area contributed by atoms with Crippen molar-refractivity contribution in [2.75, 3.05) is 0 Å². The minimum Gasteiger partial charge on any atom is -0.369 e. The van der Waals surface area contributed by atoms with Gasteiger partial charge in [0.15, 0.2) is 11.9 Å². The van der Waals surface area contributed by atoms with E-state index in [-0.39, 0.29) is 0 Å². The molecule has 0 bridgehead atoms. The van der Waals surface area contributed by atoms with Crippen molar-refractivity contribution in [2.45, 2.75) is 20.1 Å². The monoisotopic (exact) mass is 293 g/mol. The van der Waals surface area contributed by atoms with Crippen LogP contribution in [-0.4, -0.2) is 36.7 Å². The number of nitrogens with zero attached hydrogens (tertiary/aromatic N) is 5. The third-order valence-electron chi connectivity index (χ3n) is 3.72. The van der Waals surface area contributed by atoms with Crippen molar-refractivity contribution in [1.29, 1.82) is 0 Å². The fourth-order valence-corrected chi connectivity index (χ4v) is 2.78. The van der Waals surface area contributed by atoms with Crippen molar-refractivity contribution >= 4 is 17.1 Å². The zero-order valence-electron chi connectivity index (χ0n) is 12.3. The molecular weight excluding hydrogens is 278 g/mol. The Kier molecular flexibility index (Phi) is 2.74. The number of allylic oxidation sites excluding steroid dienone is 3. The van der Waals surface area contributed by atoms with Gasteiger partial charge in [-0.15, -0.1) is 0 Å². The predicted molar refractivity (Wildman–Crippen MR) is 83.9 cm³/mol. The number of rotatable bonds is 1. The number of amidine groups is 1. The van der Waals surface area contributed by atoms with E-state index in [0.29, 0.717) is 0 Å². The molecule has 6 nitrogen and oxygen atoms in total. The zero-order chi connectivity index (χ0) is 15.3. The molecule has 2 aromatic heterocycles. The maximum absolute atomic E-state index is 10.2. The normalized spacial score (nSPS) is 20.6. The average Bonchev–Trinajstić information content (AvgIpc) is 2.86. The van der Waals surface area contributed by atoms with Gasteiger partial charge < -0.3 is 10.0 Å². The summed E-state index contributed by atoms with van der Waals surface area (Å²) in [5, 5.41) is 14.5. The fourth-order valence-electron chi connectivity index (χ4n) is 2.78. The molecular formula is C16H15N5O. The van der Waals surface area contributed by atoms with Gasteiger partial charge in [-0.1, -0.05) is 0 Å². The van der Waals surface area contributed by atoms with Crippen LogP contribution in [0, 0.1) is 6.92 Å². The standard InChI is InChI=1S/C16H15N5O/c1-10-8-14(22)20-7-3-4-12(15(20)18-10)13-5-6-17-21-9-11(2)19-16(13)21/h3-9,14,22H,1-2H3.